The van der Waals surface area contributed by atoms with Gasteiger partial charge in [-0.3, -0.25) is 9.78 Å². The summed E-state index contributed by atoms with van der Waals surface area (Å²) >= 11 is 5.97. The number of ketones is 1. The van der Waals surface area contributed by atoms with E-state index in [1.165, 1.54) is 19.1 Å². The molecule has 7 nitrogen and oxygen atoms in total. The fourth-order valence-electron chi connectivity index (χ4n) is 4.75. The maximum atomic E-state index is 14.1. The summed E-state index contributed by atoms with van der Waals surface area (Å²) in [4.78, 5) is 23.7. The number of fused-ring (bicyclic) bond motifs is 1. The number of nitrogens with zero attached hydrogens (tertiary/aromatic N) is 3. The Morgan fingerprint density at radius 3 is 2.54 bits per heavy atom. The van der Waals surface area contributed by atoms with Crippen molar-refractivity contribution in [1.82, 2.24) is 14.9 Å². The van der Waals surface area contributed by atoms with E-state index < -0.39 is 11.6 Å². The lowest BCUT2D eigenvalue weighted by atomic mass is 9.85. The van der Waals surface area contributed by atoms with Crippen LogP contribution in [0.15, 0.2) is 30.5 Å². The number of hydrogen-bond donors (Lipinski definition) is 3. The maximum Gasteiger partial charge on any atom is 0.170 e. The highest BCUT2D eigenvalue weighted by Crippen LogP contribution is 2.35. The van der Waals surface area contributed by atoms with Gasteiger partial charge in [0.15, 0.2) is 17.3 Å². The highest BCUT2D eigenvalue weighted by Gasteiger charge is 2.24. The summed E-state index contributed by atoms with van der Waals surface area (Å²) in [6.07, 6.45) is 5.58. The molecule has 0 atom stereocenters. The Bertz CT molecular complexity index is 1220. The van der Waals surface area contributed by atoms with Crippen LogP contribution in [0.2, 0.25) is 5.02 Å². The molecule has 0 aliphatic heterocycles. The summed E-state index contributed by atoms with van der Waals surface area (Å²) in [5.74, 6) is -0.973. The molecule has 2 heterocycles. The van der Waals surface area contributed by atoms with Gasteiger partial charge in [0, 0.05) is 30.9 Å². The molecule has 4 rings (SSSR count). The molecule has 3 aromatic rings. The van der Waals surface area contributed by atoms with Gasteiger partial charge in [0.05, 0.1) is 34.1 Å². The predicted molar refractivity (Wildman–Crippen MR) is 150 cm³/mol. The normalized spacial score (nSPS) is 17.2. The SMILES string of the molecule is CC(=O)c1cnc2ccc(-c3cc(F)c(O)c(Cl)c3)nc2c1N[C@H]1CC[C@H](CN(C)CCO)CC1.Cl.Cl. The van der Waals surface area contributed by atoms with Gasteiger partial charge in [0.2, 0.25) is 0 Å². The van der Waals surface area contributed by atoms with Gasteiger partial charge < -0.3 is 20.4 Å². The third kappa shape index (κ3) is 7.21. The van der Waals surface area contributed by atoms with Gasteiger partial charge in [0.25, 0.3) is 0 Å². The smallest absolute Gasteiger partial charge is 0.170 e. The average molecular weight is 574 g/mol. The molecule has 0 spiro atoms. The van der Waals surface area contributed by atoms with E-state index in [4.69, 9.17) is 21.7 Å². The van der Waals surface area contributed by atoms with Gasteiger partial charge in [-0.25, -0.2) is 9.37 Å². The number of aliphatic hydroxyl groups excluding tert-OH is 1. The number of benzene rings is 1. The summed E-state index contributed by atoms with van der Waals surface area (Å²) in [5.41, 5.74) is 3.12. The molecule has 1 aliphatic rings. The number of carbonyl (C=O) groups is 1. The molecule has 3 N–H and O–H groups in total. The molecule has 0 saturated heterocycles. The van der Waals surface area contributed by atoms with Crippen molar-refractivity contribution < 1.29 is 19.4 Å². The lowest BCUT2D eigenvalue weighted by molar-refractivity contribution is 0.101. The van der Waals surface area contributed by atoms with Crippen LogP contribution in [-0.2, 0) is 0 Å². The molecule has 202 valence electrons. The fourth-order valence-corrected chi connectivity index (χ4v) is 4.96. The Morgan fingerprint density at radius 1 is 1.22 bits per heavy atom. The third-order valence-electron chi connectivity index (χ3n) is 6.65. The van der Waals surface area contributed by atoms with Crippen molar-refractivity contribution in [1.29, 1.82) is 0 Å². The van der Waals surface area contributed by atoms with Crippen molar-refractivity contribution in [3.8, 4) is 17.0 Å². The molecule has 0 bridgehead atoms. The van der Waals surface area contributed by atoms with Crippen LogP contribution in [0.3, 0.4) is 0 Å². The van der Waals surface area contributed by atoms with Crippen molar-refractivity contribution in [2.24, 2.45) is 5.92 Å². The number of phenols is 1. The first-order valence-corrected chi connectivity index (χ1v) is 12.2. The second-order valence-corrected chi connectivity index (χ2v) is 9.71. The van der Waals surface area contributed by atoms with Crippen LogP contribution in [0.1, 0.15) is 43.0 Å². The van der Waals surface area contributed by atoms with Crippen molar-refractivity contribution in [2.75, 3.05) is 32.1 Å². The minimum absolute atomic E-state index is 0. The number of rotatable bonds is 8. The number of likely N-dealkylation sites (N-methyl/N-ethyl adjacent to an activating group) is 1. The molecule has 37 heavy (non-hydrogen) atoms. The zero-order valence-electron chi connectivity index (χ0n) is 20.7. The van der Waals surface area contributed by atoms with Crippen LogP contribution in [0, 0.1) is 11.7 Å². The minimum Gasteiger partial charge on any atom is -0.504 e. The standard InChI is InChI=1S/C26H30ClFN4O3.2ClH/c1-15(34)19-13-29-23-8-7-22(17-11-20(27)26(35)21(28)12-17)31-25(23)24(19)30-18-5-3-16(4-6-18)14-32(2)9-10-33;;/h7-8,11-13,16,18,33,35H,3-6,9-10,14H2,1-2H3,(H,29,30);2*1H/t16-,18-;;. The molecule has 0 radical (unpaired) electrons. The number of phenolic OH excluding ortho intramolecular Hbond substituents is 1. The van der Waals surface area contributed by atoms with Gasteiger partial charge in [0.1, 0.15) is 5.52 Å². The van der Waals surface area contributed by atoms with Gasteiger partial charge in [-0.2, -0.15) is 0 Å². The van der Waals surface area contributed by atoms with E-state index in [2.05, 4.69) is 15.2 Å². The Hall–Kier alpha value is -2.23. The highest BCUT2D eigenvalue weighted by atomic mass is 35.5. The van der Waals surface area contributed by atoms with Crippen LogP contribution in [0.25, 0.3) is 22.3 Å². The average Bonchev–Trinajstić information content (AvgIpc) is 2.83. The Morgan fingerprint density at radius 2 is 1.92 bits per heavy atom. The Kier molecular flexibility index (Phi) is 11.3. The fraction of sp³-hybridized carbons (Fsp3) is 0.423. The molecule has 1 fully saturated rings. The lowest BCUT2D eigenvalue weighted by Gasteiger charge is -2.32. The van der Waals surface area contributed by atoms with Crippen LogP contribution < -0.4 is 5.32 Å². The van der Waals surface area contributed by atoms with E-state index in [1.807, 2.05) is 7.05 Å². The van der Waals surface area contributed by atoms with Gasteiger partial charge in [-0.15, -0.1) is 24.8 Å². The van der Waals surface area contributed by atoms with Crippen molar-refractivity contribution in [2.45, 2.75) is 38.6 Å². The largest absolute Gasteiger partial charge is 0.504 e. The first-order chi connectivity index (χ1) is 16.8. The number of nitrogens with one attached hydrogen (secondary N) is 1. The van der Waals surface area contributed by atoms with E-state index in [1.54, 1.807) is 18.3 Å². The highest BCUT2D eigenvalue weighted by molar-refractivity contribution is 6.32. The molecule has 2 aromatic heterocycles. The Labute approximate surface area is 233 Å². The number of hydrogen-bond acceptors (Lipinski definition) is 7. The zero-order valence-corrected chi connectivity index (χ0v) is 23.1. The summed E-state index contributed by atoms with van der Waals surface area (Å²) < 4.78 is 14.1. The van der Waals surface area contributed by atoms with E-state index in [-0.39, 0.29) is 48.3 Å². The summed E-state index contributed by atoms with van der Waals surface area (Å²) in [7, 11) is 2.03. The first-order valence-electron chi connectivity index (χ1n) is 11.8. The van der Waals surface area contributed by atoms with E-state index in [9.17, 15) is 14.3 Å². The molecular formula is C26H32Cl3FN4O3. The third-order valence-corrected chi connectivity index (χ3v) is 6.94. The number of aliphatic hydroxyl groups is 1. The Balaban J connectivity index is 0.00000241. The van der Waals surface area contributed by atoms with Crippen molar-refractivity contribution in [3.63, 3.8) is 0 Å². The number of aromatic hydroxyl groups is 1. The second kappa shape index (κ2) is 13.5. The number of pyridine rings is 2. The molecular weight excluding hydrogens is 542 g/mol. The van der Waals surface area contributed by atoms with E-state index in [0.29, 0.717) is 46.0 Å². The summed E-state index contributed by atoms with van der Waals surface area (Å²) in [6, 6.07) is 6.31. The number of anilines is 1. The number of Topliss-reactive ketones (excluding diaryl/α,β-unsaturated/α-hetero) is 1. The molecule has 1 aromatic carbocycles. The molecule has 0 unspecified atom stereocenters. The predicted octanol–water partition coefficient (Wildman–Crippen LogP) is 5.74. The molecule has 11 heteroatoms. The second-order valence-electron chi connectivity index (χ2n) is 9.30. The first kappa shape index (κ1) is 31.0. The van der Waals surface area contributed by atoms with Gasteiger partial charge in [-0.05, 0) is 69.8 Å². The zero-order chi connectivity index (χ0) is 25.1. The summed E-state index contributed by atoms with van der Waals surface area (Å²) in [5, 5.41) is 22.3. The molecule has 1 aliphatic carbocycles. The number of carbonyl (C=O) groups excluding carboxylic acids is 1. The van der Waals surface area contributed by atoms with Crippen molar-refractivity contribution in [3.05, 3.63) is 46.9 Å². The monoisotopic (exact) mass is 572 g/mol. The van der Waals surface area contributed by atoms with Crippen LogP contribution >= 0.6 is 36.4 Å². The molecule has 1 saturated carbocycles. The summed E-state index contributed by atoms with van der Waals surface area (Å²) in [6.45, 7) is 3.29. The molecule has 0 amide bonds. The van der Waals surface area contributed by atoms with Crippen LogP contribution in [0.4, 0.5) is 10.1 Å². The lowest BCUT2D eigenvalue weighted by Crippen LogP contribution is -2.33. The van der Waals surface area contributed by atoms with Crippen LogP contribution in [0.5, 0.6) is 5.75 Å². The van der Waals surface area contributed by atoms with Crippen molar-refractivity contribution >= 4 is 58.9 Å². The maximum absolute atomic E-state index is 14.1. The van der Waals surface area contributed by atoms with Gasteiger partial charge >= 0.3 is 0 Å². The van der Waals surface area contributed by atoms with E-state index >= 15 is 0 Å². The topological polar surface area (TPSA) is 98.6 Å². The van der Waals surface area contributed by atoms with Crippen LogP contribution in [-0.4, -0.2) is 63.7 Å². The minimum atomic E-state index is -0.829. The number of halogens is 4. The van der Waals surface area contributed by atoms with Gasteiger partial charge in [-0.1, -0.05) is 11.6 Å². The van der Waals surface area contributed by atoms with E-state index in [0.717, 1.165) is 32.2 Å². The quantitative estimate of drug-likeness (QED) is 0.296. The number of aromatic nitrogens is 2.